The van der Waals surface area contributed by atoms with Gasteiger partial charge in [0.2, 0.25) is 5.91 Å². The van der Waals surface area contributed by atoms with Crippen LogP contribution in [-0.2, 0) is 4.79 Å². The summed E-state index contributed by atoms with van der Waals surface area (Å²) in [5.74, 6) is 1.20. The maximum atomic E-state index is 11.8. The van der Waals surface area contributed by atoms with Crippen LogP contribution in [0.3, 0.4) is 0 Å². The van der Waals surface area contributed by atoms with Crippen LogP contribution in [0.1, 0.15) is 64.2 Å². The van der Waals surface area contributed by atoms with E-state index in [1.54, 1.807) is 0 Å². The monoisotopic (exact) mass is 252 g/mol. The molecule has 0 spiro atoms. The van der Waals surface area contributed by atoms with E-state index in [2.05, 4.69) is 10.6 Å². The summed E-state index contributed by atoms with van der Waals surface area (Å²) in [5.41, 5.74) is 0. The molecule has 2 aliphatic rings. The highest BCUT2D eigenvalue weighted by Gasteiger charge is 2.19. The fourth-order valence-electron chi connectivity index (χ4n) is 3.27. The Kier molecular flexibility index (Phi) is 5.98. The molecule has 104 valence electrons. The third kappa shape index (κ3) is 4.60. The highest BCUT2D eigenvalue weighted by molar-refractivity contribution is 5.81. The largest absolute Gasteiger partial charge is 0.355 e. The Labute approximate surface area is 111 Å². The molecule has 3 heteroatoms. The predicted octanol–water partition coefficient (Wildman–Crippen LogP) is 2.61. The molecule has 18 heavy (non-hydrogen) atoms. The maximum absolute atomic E-state index is 11.8. The van der Waals surface area contributed by atoms with E-state index >= 15 is 0 Å². The van der Waals surface area contributed by atoms with Gasteiger partial charge in [0.25, 0.3) is 0 Å². The standard InChI is InChI=1S/C15H28N2O/c18-15(14-10-4-6-11-16-14)17-12-5-3-9-13-7-1-2-8-13/h13-14,16H,1-12H2,(H,17,18). The summed E-state index contributed by atoms with van der Waals surface area (Å²) in [7, 11) is 0. The zero-order valence-electron chi connectivity index (χ0n) is 11.5. The van der Waals surface area contributed by atoms with Gasteiger partial charge in [-0.1, -0.05) is 44.9 Å². The van der Waals surface area contributed by atoms with Gasteiger partial charge in [0.05, 0.1) is 6.04 Å². The third-order valence-corrected chi connectivity index (χ3v) is 4.44. The highest BCUT2D eigenvalue weighted by Crippen LogP contribution is 2.28. The van der Waals surface area contributed by atoms with Gasteiger partial charge in [-0.15, -0.1) is 0 Å². The smallest absolute Gasteiger partial charge is 0.237 e. The van der Waals surface area contributed by atoms with Crippen molar-refractivity contribution in [2.24, 2.45) is 5.92 Å². The average molecular weight is 252 g/mol. The number of carbonyl (C=O) groups is 1. The summed E-state index contributed by atoms with van der Waals surface area (Å²) >= 11 is 0. The van der Waals surface area contributed by atoms with Crippen LogP contribution in [0.4, 0.5) is 0 Å². The molecule has 1 amide bonds. The van der Waals surface area contributed by atoms with E-state index in [0.29, 0.717) is 0 Å². The summed E-state index contributed by atoms with van der Waals surface area (Å²) in [6.07, 6.45) is 13.0. The van der Waals surface area contributed by atoms with Gasteiger partial charge in [-0.05, 0) is 31.7 Å². The number of rotatable bonds is 6. The van der Waals surface area contributed by atoms with Crippen molar-refractivity contribution in [3.8, 4) is 0 Å². The van der Waals surface area contributed by atoms with Crippen molar-refractivity contribution in [3.63, 3.8) is 0 Å². The van der Waals surface area contributed by atoms with Crippen molar-refractivity contribution in [3.05, 3.63) is 0 Å². The zero-order valence-corrected chi connectivity index (χ0v) is 11.5. The number of carbonyl (C=O) groups excluding carboxylic acids is 1. The first-order valence-corrected chi connectivity index (χ1v) is 7.87. The molecule has 0 bridgehead atoms. The van der Waals surface area contributed by atoms with Crippen molar-refractivity contribution in [2.45, 2.75) is 70.3 Å². The lowest BCUT2D eigenvalue weighted by Gasteiger charge is -2.22. The van der Waals surface area contributed by atoms with E-state index < -0.39 is 0 Å². The Morgan fingerprint density at radius 2 is 1.83 bits per heavy atom. The van der Waals surface area contributed by atoms with Crippen molar-refractivity contribution in [1.29, 1.82) is 0 Å². The molecule has 2 rings (SSSR count). The Hall–Kier alpha value is -0.570. The average Bonchev–Trinajstić information content (AvgIpc) is 2.92. The summed E-state index contributed by atoms with van der Waals surface area (Å²) in [6.45, 7) is 1.86. The summed E-state index contributed by atoms with van der Waals surface area (Å²) in [4.78, 5) is 11.8. The first kappa shape index (κ1) is 13.9. The quantitative estimate of drug-likeness (QED) is 0.713. The molecule has 1 saturated heterocycles. The van der Waals surface area contributed by atoms with Crippen LogP contribution < -0.4 is 10.6 Å². The summed E-state index contributed by atoms with van der Waals surface area (Å²) in [6, 6.07) is 0.0774. The van der Waals surface area contributed by atoms with E-state index in [1.807, 2.05) is 0 Å². The highest BCUT2D eigenvalue weighted by atomic mass is 16.2. The molecule has 2 N–H and O–H groups in total. The minimum atomic E-state index is 0.0774. The van der Waals surface area contributed by atoms with Gasteiger partial charge in [0.15, 0.2) is 0 Å². The van der Waals surface area contributed by atoms with Crippen molar-refractivity contribution in [2.75, 3.05) is 13.1 Å². The minimum absolute atomic E-state index is 0.0774. The number of piperidine rings is 1. The summed E-state index contributed by atoms with van der Waals surface area (Å²) in [5, 5.41) is 6.37. The number of hydrogen-bond acceptors (Lipinski definition) is 2. The first-order valence-electron chi connectivity index (χ1n) is 7.87. The van der Waals surface area contributed by atoms with E-state index in [1.165, 1.54) is 51.4 Å². The zero-order chi connectivity index (χ0) is 12.6. The first-order chi connectivity index (χ1) is 8.86. The Morgan fingerprint density at radius 1 is 1.06 bits per heavy atom. The fourth-order valence-corrected chi connectivity index (χ4v) is 3.27. The Bertz CT molecular complexity index is 243. The van der Waals surface area contributed by atoms with Crippen molar-refractivity contribution < 1.29 is 4.79 Å². The molecule has 1 unspecified atom stereocenters. The number of amides is 1. The Balaban J connectivity index is 1.48. The summed E-state index contributed by atoms with van der Waals surface area (Å²) < 4.78 is 0. The van der Waals surface area contributed by atoms with Crippen LogP contribution in [0.25, 0.3) is 0 Å². The minimum Gasteiger partial charge on any atom is -0.355 e. The molecule has 1 atom stereocenters. The molecule has 3 nitrogen and oxygen atoms in total. The lowest BCUT2D eigenvalue weighted by atomic mass is 10.0. The number of hydrogen-bond donors (Lipinski definition) is 2. The number of nitrogens with one attached hydrogen (secondary N) is 2. The molecule has 0 aromatic heterocycles. The van der Waals surface area contributed by atoms with E-state index in [-0.39, 0.29) is 11.9 Å². The predicted molar refractivity (Wildman–Crippen MR) is 74.5 cm³/mol. The second-order valence-corrected chi connectivity index (χ2v) is 5.94. The second-order valence-electron chi connectivity index (χ2n) is 5.94. The van der Waals surface area contributed by atoms with Crippen LogP contribution >= 0.6 is 0 Å². The molecule has 0 aromatic rings. The maximum Gasteiger partial charge on any atom is 0.237 e. The molecule has 1 aliphatic carbocycles. The SMILES string of the molecule is O=C(NCCCCC1CCCC1)C1CCCCN1. The topological polar surface area (TPSA) is 41.1 Å². The van der Waals surface area contributed by atoms with E-state index in [4.69, 9.17) is 0 Å². The van der Waals surface area contributed by atoms with Crippen LogP contribution in [0.15, 0.2) is 0 Å². The molecular weight excluding hydrogens is 224 g/mol. The fraction of sp³-hybridized carbons (Fsp3) is 0.933. The normalized spacial score (nSPS) is 25.2. The molecule has 0 radical (unpaired) electrons. The van der Waals surface area contributed by atoms with Crippen LogP contribution in [-0.4, -0.2) is 25.0 Å². The molecule has 1 saturated carbocycles. The lowest BCUT2D eigenvalue weighted by molar-refractivity contribution is -0.123. The van der Waals surface area contributed by atoms with E-state index in [9.17, 15) is 4.79 Å². The molecule has 2 fully saturated rings. The third-order valence-electron chi connectivity index (χ3n) is 4.44. The second kappa shape index (κ2) is 7.78. The molecular formula is C15H28N2O. The van der Waals surface area contributed by atoms with Crippen molar-refractivity contribution in [1.82, 2.24) is 10.6 Å². The van der Waals surface area contributed by atoms with Gasteiger partial charge >= 0.3 is 0 Å². The Morgan fingerprint density at radius 3 is 2.56 bits per heavy atom. The van der Waals surface area contributed by atoms with Gasteiger partial charge < -0.3 is 10.6 Å². The van der Waals surface area contributed by atoms with Gasteiger partial charge in [0, 0.05) is 6.54 Å². The van der Waals surface area contributed by atoms with Crippen LogP contribution in [0.5, 0.6) is 0 Å². The van der Waals surface area contributed by atoms with Crippen LogP contribution in [0.2, 0.25) is 0 Å². The molecule has 1 heterocycles. The van der Waals surface area contributed by atoms with Gasteiger partial charge in [-0.25, -0.2) is 0 Å². The molecule has 0 aromatic carbocycles. The van der Waals surface area contributed by atoms with Gasteiger partial charge in [0.1, 0.15) is 0 Å². The number of unbranched alkanes of at least 4 members (excludes halogenated alkanes) is 1. The molecule has 1 aliphatic heterocycles. The van der Waals surface area contributed by atoms with Crippen molar-refractivity contribution >= 4 is 5.91 Å². The van der Waals surface area contributed by atoms with Gasteiger partial charge in [-0.3, -0.25) is 4.79 Å². The van der Waals surface area contributed by atoms with Crippen LogP contribution in [0, 0.1) is 5.92 Å². The lowest BCUT2D eigenvalue weighted by Crippen LogP contribution is -2.46. The van der Waals surface area contributed by atoms with Gasteiger partial charge in [-0.2, -0.15) is 0 Å². The van der Waals surface area contributed by atoms with E-state index in [0.717, 1.165) is 31.8 Å².